The minimum atomic E-state index is 0.0147. The average Bonchev–Trinajstić information content (AvgIpc) is 2.37. The van der Waals surface area contributed by atoms with Gasteiger partial charge < -0.3 is 10.2 Å². The fourth-order valence-corrected chi connectivity index (χ4v) is 1.90. The van der Waals surface area contributed by atoms with Crippen LogP contribution in [0.1, 0.15) is 40.5 Å². The van der Waals surface area contributed by atoms with Crippen LogP contribution >= 0.6 is 11.6 Å². The van der Waals surface area contributed by atoms with E-state index in [0.29, 0.717) is 5.92 Å². The van der Waals surface area contributed by atoms with Crippen molar-refractivity contribution in [3.63, 3.8) is 0 Å². The molecule has 0 saturated heterocycles. The molecule has 0 saturated carbocycles. The van der Waals surface area contributed by atoms with E-state index in [-0.39, 0.29) is 5.54 Å². The molecule has 0 amide bonds. The van der Waals surface area contributed by atoms with Crippen LogP contribution in [0.3, 0.4) is 0 Å². The Kier molecular flexibility index (Phi) is 7.35. The third-order valence-electron chi connectivity index (χ3n) is 2.93. The Morgan fingerprint density at radius 1 is 1.20 bits per heavy atom. The van der Waals surface area contributed by atoms with Crippen LogP contribution in [-0.2, 0) is 4.74 Å². The number of anilines is 1. The molecule has 0 atom stereocenters. The van der Waals surface area contributed by atoms with Gasteiger partial charge >= 0.3 is 0 Å². The van der Waals surface area contributed by atoms with E-state index in [4.69, 9.17) is 16.3 Å². The van der Waals surface area contributed by atoms with Crippen LogP contribution < -0.4 is 10.9 Å². The predicted octanol–water partition coefficient (Wildman–Crippen LogP) is 4.49. The Morgan fingerprint density at radius 3 is 2.45 bits per heavy atom. The molecule has 0 aliphatic heterocycles. The van der Waals surface area contributed by atoms with Gasteiger partial charge in [-0.05, 0) is 56.9 Å². The van der Waals surface area contributed by atoms with Crippen LogP contribution in [0.5, 0.6) is 0 Å². The third kappa shape index (κ3) is 7.73. The monoisotopic (exact) mass is 298 g/mol. The summed E-state index contributed by atoms with van der Waals surface area (Å²) >= 11 is 5.86. The molecule has 1 aromatic rings. The molecule has 0 aromatic heterocycles. The Bertz CT molecular complexity index is 377. The van der Waals surface area contributed by atoms with Gasteiger partial charge in [-0.25, -0.2) is 5.43 Å². The average molecular weight is 299 g/mol. The highest BCUT2D eigenvalue weighted by Crippen LogP contribution is 2.15. The van der Waals surface area contributed by atoms with E-state index in [0.717, 1.165) is 36.8 Å². The molecule has 0 heterocycles. The van der Waals surface area contributed by atoms with Crippen LogP contribution in [-0.4, -0.2) is 18.8 Å². The van der Waals surface area contributed by atoms with Gasteiger partial charge in [-0.3, -0.25) is 0 Å². The third-order valence-corrected chi connectivity index (χ3v) is 3.18. The molecular formula is C16H27ClN2O. The van der Waals surface area contributed by atoms with Crippen molar-refractivity contribution in [1.82, 2.24) is 5.43 Å². The summed E-state index contributed by atoms with van der Waals surface area (Å²) in [4.78, 5) is 0. The smallest absolute Gasteiger partial charge is 0.0488 e. The summed E-state index contributed by atoms with van der Waals surface area (Å²) in [5.41, 5.74) is 7.59. The maximum atomic E-state index is 5.86. The number of hydrogen-bond acceptors (Lipinski definition) is 3. The van der Waals surface area contributed by atoms with Gasteiger partial charge in [0.15, 0.2) is 0 Å². The highest BCUT2D eigenvalue weighted by Gasteiger charge is 2.16. The Balaban J connectivity index is 2.22. The van der Waals surface area contributed by atoms with Crippen molar-refractivity contribution < 1.29 is 4.74 Å². The van der Waals surface area contributed by atoms with Gasteiger partial charge in [0.05, 0.1) is 0 Å². The molecule has 0 aliphatic rings. The molecule has 0 bridgehead atoms. The lowest BCUT2D eigenvalue weighted by atomic mass is 10.00. The second kappa shape index (κ2) is 8.50. The van der Waals surface area contributed by atoms with Gasteiger partial charge in [-0.1, -0.05) is 25.4 Å². The molecule has 114 valence electrons. The van der Waals surface area contributed by atoms with Crippen LogP contribution in [0.25, 0.3) is 0 Å². The number of ether oxygens (including phenoxy) is 1. The first-order valence-corrected chi connectivity index (χ1v) is 7.63. The van der Waals surface area contributed by atoms with Crippen LogP contribution in [0.4, 0.5) is 5.69 Å². The predicted molar refractivity (Wildman–Crippen MR) is 87.2 cm³/mol. The lowest BCUT2D eigenvalue weighted by molar-refractivity contribution is 0.102. The Labute approximate surface area is 128 Å². The highest BCUT2D eigenvalue weighted by atomic mass is 35.5. The largest absolute Gasteiger partial charge is 0.381 e. The second-order valence-electron chi connectivity index (χ2n) is 6.21. The summed E-state index contributed by atoms with van der Waals surface area (Å²) in [6.07, 6.45) is 2.10. The molecular weight excluding hydrogens is 272 g/mol. The molecule has 2 N–H and O–H groups in total. The molecule has 1 aromatic carbocycles. The minimum Gasteiger partial charge on any atom is -0.381 e. The van der Waals surface area contributed by atoms with E-state index in [1.807, 2.05) is 24.3 Å². The first kappa shape index (κ1) is 17.3. The zero-order valence-corrected chi connectivity index (χ0v) is 13.8. The summed E-state index contributed by atoms with van der Waals surface area (Å²) in [7, 11) is 0. The zero-order chi connectivity index (χ0) is 15.0. The van der Waals surface area contributed by atoms with Gasteiger partial charge in [0.2, 0.25) is 0 Å². The fraction of sp³-hybridized carbons (Fsp3) is 0.625. The summed E-state index contributed by atoms with van der Waals surface area (Å²) in [5.74, 6) is 0.604. The lowest BCUT2D eigenvalue weighted by Gasteiger charge is -2.27. The maximum absolute atomic E-state index is 5.86. The summed E-state index contributed by atoms with van der Waals surface area (Å²) in [6, 6.07) is 7.66. The standard InChI is InChI=1S/C16H27ClN2O/c1-13(2)12-20-11-5-10-16(3,4)19-18-15-8-6-14(17)7-9-15/h6-9,13,18-19H,5,10-12H2,1-4H3. The van der Waals surface area contributed by atoms with Gasteiger partial charge in [0.1, 0.15) is 0 Å². The Hall–Kier alpha value is -0.770. The summed E-state index contributed by atoms with van der Waals surface area (Å²) < 4.78 is 5.60. The SMILES string of the molecule is CC(C)COCCCC(C)(C)NNc1ccc(Cl)cc1. The van der Waals surface area contributed by atoms with E-state index in [9.17, 15) is 0 Å². The van der Waals surface area contributed by atoms with Gasteiger partial charge in [0.25, 0.3) is 0 Å². The number of hydrazine groups is 1. The highest BCUT2D eigenvalue weighted by molar-refractivity contribution is 6.30. The topological polar surface area (TPSA) is 33.3 Å². The zero-order valence-electron chi connectivity index (χ0n) is 13.0. The summed E-state index contributed by atoms with van der Waals surface area (Å²) in [6.45, 7) is 10.4. The molecule has 0 radical (unpaired) electrons. The van der Waals surface area contributed by atoms with Gasteiger partial charge in [-0.15, -0.1) is 0 Å². The number of hydrogen-bond donors (Lipinski definition) is 2. The molecule has 0 unspecified atom stereocenters. The van der Waals surface area contributed by atoms with Crippen molar-refractivity contribution >= 4 is 17.3 Å². The van der Waals surface area contributed by atoms with Crippen molar-refractivity contribution in [3.8, 4) is 0 Å². The molecule has 0 aliphatic carbocycles. The van der Waals surface area contributed by atoms with Crippen molar-refractivity contribution in [2.24, 2.45) is 5.92 Å². The van der Waals surface area contributed by atoms with Crippen LogP contribution in [0.15, 0.2) is 24.3 Å². The molecule has 1 rings (SSSR count). The maximum Gasteiger partial charge on any atom is 0.0488 e. The number of rotatable bonds is 9. The molecule has 0 spiro atoms. The number of benzene rings is 1. The van der Waals surface area contributed by atoms with Crippen LogP contribution in [0.2, 0.25) is 5.02 Å². The first-order valence-electron chi connectivity index (χ1n) is 7.25. The van der Waals surface area contributed by atoms with E-state index >= 15 is 0 Å². The summed E-state index contributed by atoms with van der Waals surface area (Å²) in [5, 5.41) is 0.747. The normalized spacial score (nSPS) is 11.9. The van der Waals surface area contributed by atoms with Crippen molar-refractivity contribution in [1.29, 1.82) is 0 Å². The van der Waals surface area contributed by atoms with Gasteiger partial charge in [0, 0.05) is 29.5 Å². The van der Waals surface area contributed by atoms with Crippen molar-refractivity contribution in [2.45, 2.75) is 46.1 Å². The lowest BCUT2D eigenvalue weighted by Crippen LogP contribution is -2.43. The molecule has 0 fully saturated rings. The Morgan fingerprint density at radius 2 is 1.85 bits per heavy atom. The number of nitrogens with one attached hydrogen (secondary N) is 2. The van der Waals surface area contributed by atoms with Gasteiger partial charge in [-0.2, -0.15) is 0 Å². The molecule has 3 nitrogen and oxygen atoms in total. The van der Waals surface area contributed by atoms with Crippen molar-refractivity contribution in [3.05, 3.63) is 29.3 Å². The van der Waals surface area contributed by atoms with E-state index in [1.165, 1.54) is 0 Å². The van der Waals surface area contributed by atoms with E-state index in [1.54, 1.807) is 0 Å². The van der Waals surface area contributed by atoms with Crippen LogP contribution in [0, 0.1) is 5.92 Å². The number of halogens is 1. The minimum absolute atomic E-state index is 0.0147. The molecule has 4 heteroatoms. The quantitative estimate of drug-likeness (QED) is 0.520. The van der Waals surface area contributed by atoms with E-state index < -0.39 is 0 Å². The second-order valence-corrected chi connectivity index (χ2v) is 6.65. The molecule has 20 heavy (non-hydrogen) atoms. The fourth-order valence-electron chi connectivity index (χ4n) is 1.77. The first-order chi connectivity index (χ1) is 9.39. The van der Waals surface area contributed by atoms with E-state index in [2.05, 4.69) is 38.5 Å². The van der Waals surface area contributed by atoms with Crippen molar-refractivity contribution in [2.75, 3.05) is 18.6 Å².